The number of fused-ring (bicyclic) bond motifs is 6. The summed E-state index contributed by atoms with van der Waals surface area (Å²) in [7, 11) is 1.66. The molecule has 7 amide bonds. The van der Waals surface area contributed by atoms with Crippen molar-refractivity contribution in [2.75, 3.05) is 75.2 Å². The number of halogens is 1. The number of nitrogens with two attached hydrogens (primary N) is 1. The maximum Gasteiger partial charge on any atom is 0.508 e. The van der Waals surface area contributed by atoms with Gasteiger partial charge >= 0.3 is 30.0 Å². The Balaban J connectivity index is 0.0000150. The number of H-pyrrole nitrogens is 1. The molecular formula is C93H140FN13O40S2. The lowest BCUT2D eigenvalue weighted by Gasteiger charge is -2.61. The number of ketones is 5. The lowest BCUT2D eigenvalue weighted by Crippen LogP contribution is -2.66. The number of hydrogen-bond acceptors (Lipinski definition) is 43. The van der Waals surface area contributed by atoms with E-state index >= 15 is 14.0 Å². The van der Waals surface area contributed by atoms with E-state index in [-0.39, 0.29) is 70.4 Å². The summed E-state index contributed by atoms with van der Waals surface area (Å²) in [6.45, 7) is -1.97. The molecule has 53 nitrogen and oxygen atoms in total. The Morgan fingerprint density at radius 1 is 0.570 bits per heavy atom. The molecule has 27 atom stereocenters. The standard InChI is InChI=1S/C93H132FN13O40S2.4H2/c1-42-26-53-52-13-9-47-30-51(112)22-23-92(47,3)93(52,94)67(122)31-91(53,2)73(42)66(121)40-147-90(145)146-24-25-148-149-41-57(88(143)144)105-85(139)46(8-19-70(125)99-36-62(117)77(132)80(135)65(120)39-110)29-59(114)55(16-21-72(128)129)103-84(138)45(7-18-69(124)98-35-61(116)76(131)79(134)64(119)38-109)28-58(113)54(15-20-71(126)127)102-83(137)44(6-17-68(123)97-34-60(115)75(130)78(133)63(118)37-108)27-50(111)12-14-56(87(141)142)104-82(136)43-4-10-48(11-5-43)96-32-49-33-100-81-74(101-49)86(140)107-89(95)106-81;;;;/h4-5,10-11,22-23,30,33,42,44-46,52-57,60-65,67,73,75-80,96,108-110,115-120,122,130-135H,6-9,12-21,24-29,31-32,34-41H2,1-3H3,(H,97,123)(H,98,124)(H,99,125)(H,102,137)(H,103,138)(H,104,136)(H,105,139)(H,126,127)(H,128,129)(H,141,142)(H,143,144)(H3,95,100,106,107,140);4*1H/t42-,44+,45+,46+,52-,53-,54+,55+,56+,57+,60-,61-,62-,63+,64+,65+,67-,73+,75+,76+,77+,78+,79+,80+,91-,92-,93-;;;;/m0..../s1/i;4*1+1. The van der Waals surface area contributed by atoms with Crippen molar-refractivity contribution in [3.05, 3.63) is 75.9 Å². The fourth-order valence-corrected chi connectivity index (χ4v) is 20.9. The molecule has 7 rings (SSSR count). The summed E-state index contributed by atoms with van der Waals surface area (Å²) in [4.78, 5) is 259. The lowest BCUT2D eigenvalue weighted by atomic mass is 9.45. The second-order valence-corrected chi connectivity index (χ2v) is 40.4. The molecule has 56 heteroatoms. The van der Waals surface area contributed by atoms with Crippen LogP contribution in [0.5, 0.6) is 0 Å². The maximum atomic E-state index is 17.7. The second-order valence-electron chi connectivity index (χ2n) is 37.8. The van der Waals surface area contributed by atoms with Gasteiger partial charge in [-0.3, -0.25) is 76.9 Å². The van der Waals surface area contributed by atoms with E-state index in [9.17, 15) is 179 Å². The van der Waals surface area contributed by atoms with Crippen molar-refractivity contribution in [1.29, 1.82) is 0 Å². The maximum absolute atomic E-state index is 17.7. The number of ether oxygens (including phenoxy) is 2. The third-order valence-electron chi connectivity index (χ3n) is 27.2. The topological polar surface area (TPSA) is 907 Å². The zero-order valence-electron chi connectivity index (χ0n) is 81.4. The summed E-state index contributed by atoms with van der Waals surface area (Å²) in [5, 5.41) is 222. The number of aliphatic hydroxyl groups excluding tert-OH is 16. The number of aliphatic carboxylic acids is 4. The van der Waals surface area contributed by atoms with Gasteiger partial charge in [-0.05, 0) is 125 Å². The van der Waals surface area contributed by atoms with Crippen LogP contribution >= 0.6 is 21.6 Å². The quantitative estimate of drug-likeness (QED) is 0.0142. The molecule has 149 heavy (non-hydrogen) atoms. The number of nitrogens with one attached hydrogen (secondary N) is 9. The Labute approximate surface area is 863 Å². The number of Topliss-reactive ketones (excluding diaryl/α,β-unsaturated/α-hetero) is 4. The van der Waals surface area contributed by atoms with E-state index in [1.54, 1.807) is 6.92 Å². The third-order valence-corrected chi connectivity index (χ3v) is 29.6. The first-order valence-electron chi connectivity index (χ1n) is 47.8. The first-order valence-corrected chi connectivity index (χ1v) is 50.3. The molecular weight excluding hydrogens is 2020 g/mol. The number of benzene rings is 1. The van der Waals surface area contributed by atoms with Gasteiger partial charge < -0.3 is 160 Å². The monoisotopic (exact) mass is 2170 g/mol. The average Bonchev–Trinajstić information content (AvgIpc) is 1.59. The molecule has 4 aliphatic rings. The second kappa shape index (κ2) is 58.1. The molecule has 0 radical (unpaired) electrons. The van der Waals surface area contributed by atoms with Crippen molar-refractivity contribution >= 4 is 145 Å². The normalized spacial score (nSPS) is 22.6. The first kappa shape index (κ1) is 124. The molecule has 3 aromatic rings. The van der Waals surface area contributed by atoms with Crippen LogP contribution in [0.1, 0.15) is 165 Å². The van der Waals surface area contributed by atoms with Gasteiger partial charge in [0.1, 0.15) is 79.4 Å². The van der Waals surface area contributed by atoms with E-state index in [4.69, 9.17) is 15.2 Å². The van der Waals surface area contributed by atoms with Crippen LogP contribution in [0, 0.1) is 52.3 Å². The van der Waals surface area contributed by atoms with Crippen molar-refractivity contribution < 1.29 is 203 Å². The summed E-state index contributed by atoms with van der Waals surface area (Å²) < 4.78 is 28.2. The highest BCUT2D eigenvalue weighted by molar-refractivity contribution is 8.76. The number of carbonyl (C=O) groups is 17. The van der Waals surface area contributed by atoms with Gasteiger partial charge in [-0.1, -0.05) is 47.1 Å². The number of carboxylic acid groups (broad SMARTS) is 4. The molecule has 0 spiro atoms. The number of nitrogens with zero attached hydrogens (tertiary/aromatic N) is 3. The summed E-state index contributed by atoms with van der Waals surface area (Å²) in [5.41, 5.74) is 1.56. The van der Waals surface area contributed by atoms with Crippen LogP contribution < -0.4 is 53.8 Å². The highest BCUT2D eigenvalue weighted by Gasteiger charge is 2.72. The lowest BCUT2D eigenvalue weighted by molar-refractivity contribution is -0.196. The highest BCUT2D eigenvalue weighted by atomic mass is 33.1. The highest BCUT2D eigenvalue weighted by Crippen LogP contribution is 2.70. The first-order chi connectivity index (χ1) is 70.1. The fraction of sp³-hybridized carbons (Fsp3) is 0.645. The fourth-order valence-electron chi connectivity index (χ4n) is 18.9. The Bertz CT molecular complexity index is 5350. The van der Waals surface area contributed by atoms with Crippen LogP contribution in [0.2, 0.25) is 0 Å². The van der Waals surface area contributed by atoms with E-state index in [0.29, 0.717) is 30.5 Å². The largest absolute Gasteiger partial charge is 0.508 e. The van der Waals surface area contributed by atoms with Crippen molar-refractivity contribution in [3.8, 4) is 0 Å². The third kappa shape index (κ3) is 35.2. The molecule has 2 heterocycles. The Hall–Kier alpha value is -11.7. The smallest absolute Gasteiger partial charge is 0.481 e. The van der Waals surface area contributed by atoms with E-state index in [0.717, 1.165) is 21.6 Å². The molecule has 4 aliphatic carbocycles. The molecule has 836 valence electrons. The number of rotatable bonds is 66. The molecule has 2 aromatic heterocycles. The number of allylic oxidation sites excluding steroid dienone is 4. The number of anilines is 2. The van der Waals surface area contributed by atoms with Crippen LogP contribution in [0.4, 0.5) is 20.8 Å². The molecule has 3 saturated carbocycles. The molecule has 0 bridgehead atoms. The minimum absolute atomic E-state index is 0. The van der Waals surface area contributed by atoms with Crippen molar-refractivity contribution in [1.82, 2.24) is 57.2 Å². The Morgan fingerprint density at radius 3 is 1.50 bits per heavy atom. The van der Waals surface area contributed by atoms with Crippen LogP contribution in [0.15, 0.2) is 59.1 Å². The summed E-state index contributed by atoms with van der Waals surface area (Å²) in [5.74, 6) is -28.3. The van der Waals surface area contributed by atoms with Crippen LogP contribution in [0.25, 0.3) is 11.2 Å². The number of aliphatic hydroxyl groups is 16. The van der Waals surface area contributed by atoms with Gasteiger partial charge in [0.05, 0.1) is 74.8 Å². The van der Waals surface area contributed by atoms with E-state index < -0.39 is 404 Å². The summed E-state index contributed by atoms with van der Waals surface area (Å²) in [6.07, 6.45) is -35.5. The average molecular weight is 2170 g/mol. The van der Waals surface area contributed by atoms with Crippen molar-refractivity contribution in [3.63, 3.8) is 0 Å². The number of nitrogen functional groups attached to an aromatic ring is 1. The van der Waals surface area contributed by atoms with Gasteiger partial charge in [0.15, 0.2) is 46.6 Å². The molecule has 1 aromatic carbocycles. The molecule has 3 fully saturated rings. The molecule has 0 unspecified atom stereocenters. The Morgan fingerprint density at radius 2 is 1.03 bits per heavy atom. The number of carbonyl (C=O) groups excluding carboxylic acids is 13. The van der Waals surface area contributed by atoms with E-state index in [1.165, 1.54) is 48.7 Å². The van der Waals surface area contributed by atoms with Gasteiger partial charge in [-0.2, -0.15) is 4.98 Å². The number of aromatic nitrogens is 4. The number of carboxylic acids is 4. The molecule has 31 N–H and O–H groups in total. The zero-order valence-corrected chi connectivity index (χ0v) is 83.0. The number of amides is 7. The molecule has 0 saturated heterocycles. The number of alkyl halides is 1. The molecule has 0 aliphatic heterocycles. The minimum atomic E-state index is -2.26. The predicted octanol–water partition coefficient (Wildman–Crippen LogP) is -5.82. The SMILES string of the molecule is C[C@H]1C[C@H]2[C@@H]3CCC4=CC(=O)C=C[C@]4(C)[C@@]3(F)[C@@H](O)C[C@]2(C)[C@H]1C(=O)COC(=O)OCCSSC[C@@H](NC(=O)[C@H](CCC(=O)NC[C@H](O)[C@@H](O)[C@H](O)[C@H](O)CO)CC(=O)[C@@H](CCC(=O)O)NC(=O)[C@H](CCC(=O)NC[C@H](O)[C@@H](O)[C@H](O)[C@H](O)CO)CC(=O)[C@@H](CCC(=O)O)NC(=O)[C@H](CCC(=O)NC[C@H](O)[C@@H](O)[C@H](O)[C@H](O)CO)CC(=O)CC[C@@H](NC(=O)c1ccc(NCc2cnc3nc(N)[nH]c(=O)c3n2)cc1)C(=O)O)C(=O)O.[2HH].[2HH].[2HH].[2HH]. The zero-order chi connectivity index (χ0) is 111. The minimum Gasteiger partial charge on any atom is -0.481 e. The van der Waals surface area contributed by atoms with E-state index in [2.05, 4.69) is 62.5 Å². The van der Waals surface area contributed by atoms with Gasteiger partial charge in [-0.15, -0.1) is 0 Å². The number of hydrogen-bond donors (Lipinski definition) is 30. The van der Waals surface area contributed by atoms with Crippen molar-refractivity contribution in [2.24, 2.45) is 52.3 Å². The summed E-state index contributed by atoms with van der Waals surface area (Å²) in [6, 6.07) is -2.56. The van der Waals surface area contributed by atoms with Crippen LogP contribution in [-0.2, 0) is 87.9 Å². The van der Waals surface area contributed by atoms with Crippen molar-refractivity contribution in [2.45, 2.75) is 258 Å². The van der Waals surface area contributed by atoms with Gasteiger partial charge in [0.25, 0.3) is 11.5 Å². The van der Waals surface area contributed by atoms with Crippen LogP contribution in [-0.4, -0.2) is 396 Å². The van der Waals surface area contributed by atoms with E-state index in [1.807, 2.05) is 13.8 Å². The van der Waals surface area contributed by atoms with Gasteiger partial charge in [-0.25, -0.2) is 28.7 Å². The predicted molar refractivity (Wildman–Crippen MR) is 523 cm³/mol. The van der Waals surface area contributed by atoms with Gasteiger partial charge in [0.2, 0.25) is 41.4 Å². The van der Waals surface area contributed by atoms with Gasteiger partial charge in [0, 0.05) is 141 Å². The Kier molecular flexibility index (Phi) is 48.4. The van der Waals surface area contributed by atoms with Crippen LogP contribution in [0.3, 0.4) is 0 Å². The number of aromatic amines is 1. The summed E-state index contributed by atoms with van der Waals surface area (Å²) >= 11 is 0.